The van der Waals surface area contributed by atoms with Gasteiger partial charge in [-0.15, -0.1) is 0 Å². The second-order valence-electron chi connectivity index (χ2n) is 5.59. The molecule has 2 rings (SSSR count). The van der Waals surface area contributed by atoms with E-state index in [1.165, 1.54) is 0 Å². The van der Waals surface area contributed by atoms with Gasteiger partial charge in [-0.1, -0.05) is 6.92 Å². The van der Waals surface area contributed by atoms with E-state index in [9.17, 15) is 8.42 Å². The van der Waals surface area contributed by atoms with Crippen molar-refractivity contribution in [2.45, 2.75) is 43.7 Å². The monoisotopic (exact) mass is 322 g/mol. The third kappa shape index (κ3) is 3.02. The van der Waals surface area contributed by atoms with Crippen LogP contribution in [0.1, 0.15) is 26.7 Å². The largest absolute Gasteiger partial charge is 0.378 e. The fraction of sp³-hybridized carbons (Fsp3) is 1.00. The Labute approximate surface area is 126 Å². The fourth-order valence-electron chi connectivity index (χ4n) is 3.27. The van der Waals surface area contributed by atoms with E-state index in [-0.39, 0.29) is 22.8 Å². The normalized spacial score (nSPS) is 35.8. The Morgan fingerprint density at radius 3 is 2.65 bits per heavy atom. The van der Waals surface area contributed by atoms with Gasteiger partial charge in [0.05, 0.1) is 6.10 Å². The second-order valence-corrected chi connectivity index (χ2v) is 9.19. The van der Waals surface area contributed by atoms with Crippen molar-refractivity contribution in [2.24, 2.45) is 5.73 Å². The summed E-state index contributed by atoms with van der Waals surface area (Å²) in [7, 11) is -3.06. The lowest BCUT2D eigenvalue weighted by Crippen LogP contribution is -2.69. The molecule has 118 valence electrons. The highest BCUT2D eigenvalue weighted by molar-refractivity contribution is 8.01. The molecule has 1 aliphatic carbocycles. The van der Waals surface area contributed by atoms with Crippen molar-refractivity contribution in [3.8, 4) is 0 Å². The lowest BCUT2D eigenvalue weighted by Gasteiger charge is -2.56. The van der Waals surface area contributed by atoms with Gasteiger partial charge in [-0.3, -0.25) is 4.90 Å². The Balaban J connectivity index is 2.15. The average Bonchev–Trinajstić information content (AvgIpc) is 2.42. The molecule has 2 fully saturated rings. The highest BCUT2D eigenvalue weighted by atomic mass is 32.2. The number of hydrogen-bond donors (Lipinski definition) is 1. The maximum Gasteiger partial charge on any atom is 0.166 e. The van der Waals surface area contributed by atoms with Gasteiger partial charge in [-0.2, -0.15) is 11.8 Å². The minimum Gasteiger partial charge on any atom is -0.378 e. The first-order valence-corrected chi connectivity index (χ1v) is 10.2. The van der Waals surface area contributed by atoms with Gasteiger partial charge in [-0.25, -0.2) is 8.42 Å². The minimum atomic E-state index is -3.06. The summed E-state index contributed by atoms with van der Waals surface area (Å²) in [5.41, 5.74) is 5.83. The van der Waals surface area contributed by atoms with Gasteiger partial charge < -0.3 is 10.5 Å². The molecule has 1 atom stereocenters. The molecule has 0 aromatic rings. The van der Waals surface area contributed by atoms with Crippen LogP contribution in [0.5, 0.6) is 0 Å². The molecular formula is C13H26N2O3S2. The van der Waals surface area contributed by atoms with E-state index in [2.05, 4.69) is 4.90 Å². The predicted octanol–water partition coefficient (Wildman–Crippen LogP) is 0.692. The van der Waals surface area contributed by atoms with Gasteiger partial charge in [0, 0.05) is 42.5 Å². The van der Waals surface area contributed by atoms with E-state index in [1.807, 2.05) is 6.92 Å². The highest BCUT2D eigenvalue weighted by Crippen LogP contribution is 2.42. The number of hydrogen-bond acceptors (Lipinski definition) is 6. The van der Waals surface area contributed by atoms with Crippen LogP contribution in [0.25, 0.3) is 0 Å². The zero-order chi connectivity index (χ0) is 14.8. The van der Waals surface area contributed by atoms with Crippen molar-refractivity contribution in [1.82, 2.24) is 4.90 Å². The molecule has 1 unspecified atom stereocenters. The van der Waals surface area contributed by atoms with Gasteiger partial charge in [0.15, 0.2) is 9.84 Å². The first-order chi connectivity index (χ1) is 9.49. The summed E-state index contributed by atoms with van der Waals surface area (Å²) < 4.78 is 30.3. The van der Waals surface area contributed by atoms with Crippen LogP contribution in [0.2, 0.25) is 0 Å². The Morgan fingerprint density at radius 1 is 1.40 bits per heavy atom. The third-order valence-electron chi connectivity index (χ3n) is 4.51. The summed E-state index contributed by atoms with van der Waals surface area (Å²) in [5.74, 6) is 1.85. The van der Waals surface area contributed by atoms with Crippen molar-refractivity contribution in [3.05, 3.63) is 0 Å². The van der Waals surface area contributed by atoms with Crippen molar-refractivity contribution < 1.29 is 13.2 Å². The Kier molecular flexibility index (Phi) is 5.40. The number of ether oxygens (including phenoxy) is 1. The third-order valence-corrected chi connectivity index (χ3v) is 7.80. The molecule has 0 amide bonds. The van der Waals surface area contributed by atoms with Crippen molar-refractivity contribution in [1.29, 1.82) is 0 Å². The van der Waals surface area contributed by atoms with Gasteiger partial charge in [0.25, 0.3) is 0 Å². The summed E-state index contributed by atoms with van der Waals surface area (Å²) in [5, 5.41) is -0.377. The molecular weight excluding hydrogens is 296 g/mol. The smallest absolute Gasteiger partial charge is 0.166 e. The molecule has 0 aromatic heterocycles. The van der Waals surface area contributed by atoms with Crippen LogP contribution < -0.4 is 5.73 Å². The lowest BCUT2D eigenvalue weighted by atomic mass is 9.72. The van der Waals surface area contributed by atoms with Crippen LogP contribution in [0, 0.1) is 0 Å². The zero-order valence-corrected chi connectivity index (χ0v) is 14.0. The van der Waals surface area contributed by atoms with E-state index < -0.39 is 9.84 Å². The first-order valence-electron chi connectivity index (χ1n) is 7.37. The maximum atomic E-state index is 12.3. The Morgan fingerprint density at radius 2 is 2.10 bits per heavy atom. The van der Waals surface area contributed by atoms with Crippen molar-refractivity contribution in [3.63, 3.8) is 0 Å². The molecule has 1 saturated heterocycles. The molecule has 5 nitrogen and oxygen atoms in total. The van der Waals surface area contributed by atoms with E-state index in [4.69, 9.17) is 10.5 Å². The Hall–Kier alpha value is 0.180. The summed E-state index contributed by atoms with van der Waals surface area (Å²) in [4.78, 5) is 2.16. The number of sulfone groups is 1. The molecule has 1 heterocycles. The molecule has 0 bridgehead atoms. The van der Waals surface area contributed by atoms with Crippen LogP contribution >= 0.6 is 11.8 Å². The molecule has 20 heavy (non-hydrogen) atoms. The minimum absolute atomic E-state index is 0.173. The molecule has 1 saturated carbocycles. The number of nitrogens with two attached hydrogens (primary N) is 1. The summed E-state index contributed by atoms with van der Waals surface area (Å²) in [6.07, 6.45) is 1.96. The van der Waals surface area contributed by atoms with Gasteiger partial charge >= 0.3 is 0 Å². The van der Waals surface area contributed by atoms with Crippen molar-refractivity contribution >= 4 is 21.6 Å². The molecule has 2 N–H and O–H groups in total. The van der Waals surface area contributed by atoms with E-state index in [0.29, 0.717) is 18.9 Å². The molecule has 0 aromatic carbocycles. The van der Waals surface area contributed by atoms with Crippen LogP contribution in [-0.4, -0.2) is 67.3 Å². The average molecular weight is 322 g/mol. The standard InChI is InChI=1S/C13H26N2O3S2/c1-3-18-11-7-13(8-11,10-14)15-5-6-19-9-12(15)20(16,17)4-2/h11-12H,3-10,14H2,1-2H3. The molecule has 7 heteroatoms. The quantitative estimate of drug-likeness (QED) is 0.776. The van der Waals surface area contributed by atoms with E-state index in [1.54, 1.807) is 18.7 Å². The van der Waals surface area contributed by atoms with Crippen LogP contribution in [0.3, 0.4) is 0 Å². The summed E-state index contributed by atoms with van der Waals surface area (Å²) in [6, 6.07) is 0. The number of rotatable bonds is 6. The van der Waals surface area contributed by atoms with Crippen molar-refractivity contribution in [2.75, 3.05) is 37.0 Å². The van der Waals surface area contributed by atoms with Gasteiger partial charge in [0.2, 0.25) is 0 Å². The maximum absolute atomic E-state index is 12.3. The molecule has 0 radical (unpaired) electrons. The number of nitrogens with zero attached hydrogens (tertiary/aromatic N) is 1. The second kappa shape index (κ2) is 6.52. The number of thioether (sulfide) groups is 1. The Bertz CT molecular complexity index is 421. The van der Waals surface area contributed by atoms with Crippen LogP contribution in [-0.2, 0) is 14.6 Å². The van der Waals surface area contributed by atoms with Crippen LogP contribution in [0.15, 0.2) is 0 Å². The highest BCUT2D eigenvalue weighted by Gasteiger charge is 2.52. The summed E-state index contributed by atoms with van der Waals surface area (Å²) >= 11 is 1.73. The molecule has 1 aliphatic heterocycles. The topological polar surface area (TPSA) is 72.6 Å². The van der Waals surface area contributed by atoms with Gasteiger partial charge in [-0.05, 0) is 19.8 Å². The SMILES string of the molecule is CCOC1CC(CN)(N2CCSCC2S(=O)(=O)CC)C1. The van der Waals surface area contributed by atoms with Crippen LogP contribution in [0.4, 0.5) is 0 Å². The van der Waals surface area contributed by atoms with E-state index in [0.717, 1.165) is 25.1 Å². The predicted molar refractivity (Wildman–Crippen MR) is 83.7 cm³/mol. The summed E-state index contributed by atoms with van der Waals surface area (Å²) in [6.45, 7) is 5.75. The fourth-order valence-corrected chi connectivity index (χ4v) is 6.37. The lowest BCUT2D eigenvalue weighted by molar-refractivity contribution is -0.102. The molecule has 2 aliphatic rings. The molecule has 0 spiro atoms. The van der Waals surface area contributed by atoms with Gasteiger partial charge in [0.1, 0.15) is 5.37 Å². The zero-order valence-electron chi connectivity index (χ0n) is 12.4. The van der Waals surface area contributed by atoms with E-state index >= 15 is 0 Å². The first kappa shape index (κ1) is 16.5.